The highest BCUT2D eigenvalue weighted by Crippen LogP contribution is 2.24. The van der Waals surface area contributed by atoms with Crippen LogP contribution in [0.1, 0.15) is 24.0 Å². The fraction of sp³-hybridized carbons (Fsp3) is 0.300. The van der Waals surface area contributed by atoms with Crippen molar-refractivity contribution in [3.05, 3.63) is 65.5 Å². The molecular formula is C20H22FN3O3S. The minimum absolute atomic E-state index is 0.245. The van der Waals surface area contributed by atoms with Crippen molar-refractivity contribution in [1.29, 1.82) is 0 Å². The Balaban J connectivity index is 1.53. The van der Waals surface area contributed by atoms with E-state index in [1.54, 1.807) is 36.4 Å². The molecule has 0 spiro atoms. The Morgan fingerprint density at radius 2 is 1.71 bits per heavy atom. The molecule has 1 fully saturated rings. The molecule has 6 nitrogen and oxygen atoms in total. The van der Waals surface area contributed by atoms with Crippen LogP contribution in [0, 0.1) is 18.7 Å². The Labute approximate surface area is 164 Å². The summed E-state index contributed by atoms with van der Waals surface area (Å²) in [5.74, 6) is -0.880. The zero-order valence-corrected chi connectivity index (χ0v) is 16.3. The van der Waals surface area contributed by atoms with Crippen LogP contribution in [0.2, 0.25) is 0 Å². The molecule has 1 N–H and O–H groups in total. The summed E-state index contributed by atoms with van der Waals surface area (Å²) in [4.78, 5) is 12.5. The molecule has 1 heterocycles. The highest BCUT2D eigenvalue weighted by molar-refractivity contribution is 7.89. The van der Waals surface area contributed by atoms with Crippen LogP contribution >= 0.6 is 0 Å². The molecule has 0 unspecified atom stereocenters. The van der Waals surface area contributed by atoms with Gasteiger partial charge >= 0.3 is 0 Å². The van der Waals surface area contributed by atoms with Crippen LogP contribution in [0.3, 0.4) is 0 Å². The SMILES string of the molecule is Cc1ccc(S(=O)(=O)N2CCC(C(=O)N/N=C\c3ccc(F)cc3)CC2)cc1. The lowest BCUT2D eigenvalue weighted by Crippen LogP contribution is -2.42. The van der Waals surface area contributed by atoms with Gasteiger partial charge in [-0.3, -0.25) is 4.79 Å². The number of nitrogens with one attached hydrogen (secondary N) is 1. The van der Waals surface area contributed by atoms with Crippen molar-refractivity contribution in [3.63, 3.8) is 0 Å². The van der Waals surface area contributed by atoms with Crippen molar-refractivity contribution >= 4 is 22.1 Å². The number of halogens is 1. The fourth-order valence-corrected chi connectivity index (χ4v) is 4.50. The summed E-state index contributed by atoms with van der Waals surface area (Å²) in [5.41, 5.74) is 4.14. The second-order valence-electron chi connectivity index (χ2n) is 6.78. The first-order chi connectivity index (χ1) is 13.4. The van der Waals surface area contributed by atoms with Gasteiger partial charge in [0, 0.05) is 19.0 Å². The molecule has 0 saturated carbocycles. The van der Waals surface area contributed by atoms with E-state index in [0.29, 0.717) is 18.4 Å². The van der Waals surface area contributed by atoms with E-state index in [1.807, 2.05) is 6.92 Å². The molecule has 8 heteroatoms. The number of rotatable bonds is 5. The Morgan fingerprint density at radius 3 is 2.32 bits per heavy atom. The zero-order valence-electron chi connectivity index (χ0n) is 15.5. The summed E-state index contributed by atoms with van der Waals surface area (Å²) in [7, 11) is -3.54. The number of hydrogen-bond donors (Lipinski definition) is 1. The van der Waals surface area contributed by atoms with Crippen LogP contribution in [-0.2, 0) is 14.8 Å². The molecule has 0 aliphatic carbocycles. The van der Waals surface area contributed by atoms with Crippen molar-refractivity contribution in [2.24, 2.45) is 11.0 Å². The Kier molecular flexibility index (Phi) is 6.21. The third-order valence-corrected chi connectivity index (χ3v) is 6.65. The maximum absolute atomic E-state index is 12.9. The van der Waals surface area contributed by atoms with Crippen LogP contribution < -0.4 is 5.43 Å². The highest BCUT2D eigenvalue weighted by atomic mass is 32.2. The maximum atomic E-state index is 12.9. The first kappa shape index (κ1) is 20.2. The van der Waals surface area contributed by atoms with Crippen LogP contribution in [0.5, 0.6) is 0 Å². The summed E-state index contributed by atoms with van der Waals surface area (Å²) in [6, 6.07) is 12.5. The second kappa shape index (κ2) is 8.62. The highest BCUT2D eigenvalue weighted by Gasteiger charge is 2.31. The van der Waals surface area contributed by atoms with Gasteiger partial charge in [-0.15, -0.1) is 0 Å². The molecule has 0 radical (unpaired) electrons. The van der Waals surface area contributed by atoms with Crippen molar-refractivity contribution in [2.75, 3.05) is 13.1 Å². The van der Waals surface area contributed by atoms with Gasteiger partial charge in [0.25, 0.3) is 0 Å². The molecule has 2 aromatic carbocycles. The summed E-state index contributed by atoms with van der Waals surface area (Å²) < 4.78 is 39.7. The van der Waals surface area contributed by atoms with Gasteiger partial charge in [0.05, 0.1) is 11.1 Å². The van der Waals surface area contributed by atoms with E-state index in [1.165, 1.54) is 22.7 Å². The van der Waals surface area contributed by atoms with Gasteiger partial charge in [0.15, 0.2) is 0 Å². The number of hydrogen-bond acceptors (Lipinski definition) is 4. The molecule has 0 aromatic heterocycles. The van der Waals surface area contributed by atoms with Crippen molar-refractivity contribution in [3.8, 4) is 0 Å². The number of nitrogens with zero attached hydrogens (tertiary/aromatic N) is 2. The summed E-state index contributed by atoms with van der Waals surface area (Å²) in [5, 5.41) is 3.89. The van der Waals surface area contributed by atoms with Gasteiger partial charge in [-0.2, -0.15) is 9.41 Å². The predicted molar refractivity (Wildman–Crippen MR) is 105 cm³/mol. The fourth-order valence-electron chi connectivity index (χ4n) is 3.03. The van der Waals surface area contributed by atoms with Crippen molar-refractivity contribution in [2.45, 2.75) is 24.7 Å². The largest absolute Gasteiger partial charge is 0.273 e. The number of amides is 1. The predicted octanol–water partition coefficient (Wildman–Crippen LogP) is 2.69. The van der Waals surface area contributed by atoms with Crippen molar-refractivity contribution < 1.29 is 17.6 Å². The third-order valence-electron chi connectivity index (χ3n) is 4.74. The van der Waals surface area contributed by atoms with E-state index in [-0.39, 0.29) is 35.6 Å². The molecule has 1 saturated heterocycles. The number of sulfonamides is 1. The molecule has 3 rings (SSSR count). The van der Waals surface area contributed by atoms with E-state index in [4.69, 9.17) is 0 Å². The normalized spacial score (nSPS) is 16.4. The van der Waals surface area contributed by atoms with E-state index in [2.05, 4.69) is 10.5 Å². The number of aryl methyl sites for hydroxylation is 1. The van der Waals surface area contributed by atoms with Gasteiger partial charge in [0.2, 0.25) is 15.9 Å². The molecule has 1 aliphatic heterocycles. The molecular weight excluding hydrogens is 381 g/mol. The van der Waals surface area contributed by atoms with Crippen LogP contribution in [0.4, 0.5) is 4.39 Å². The third kappa shape index (κ3) is 4.82. The van der Waals surface area contributed by atoms with Crippen LogP contribution in [-0.4, -0.2) is 37.9 Å². The summed E-state index contributed by atoms with van der Waals surface area (Å²) >= 11 is 0. The van der Waals surface area contributed by atoms with Gasteiger partial charge in [0.1, 0.15) is 5.82 Å². The molecule has 1 amide bonds. The smallest absolute Gasteiger partial charge is 0.243 e. The van der Waals surface area contributed by atoms with Crippen LogP contribution in [0.15, 0.2) is 58.5 Å². The summed E-state index contributed by atoms with van der Waals surface area (Å²) in [6.45, 7) is 2.48. The van der Waals surface area contributed by atoms with E-state index >= 15 is 0 Å². The van der Waals surface area contributed by atoms with Gasteiger partial charge in [-0.05, 0) is 49.6 Å². The first-order valence-electron chi connectivity index (χ1n) is 9.01. The molecule has 0 bridgehead atoms. The van der Waals surface area contributed by atoms with Gasteiger partial charge < -0.3 is 0 Å². The standard InChI is InChI=1S/C20H22FN3O3S/c1-15-2-8-19(9-3-15)28(26,27)24-12-10-17(11-13-24)20(25)23-22-14-16-4-6-18(21)7-5-16/h2-9,14,17H,10-13H2,1H3,(H,23,25)/b22-14-. The topological polar surface area (TPSA) is 78.8 Å². The van der Waals surface area contributed by atoms with E-state index < -0.39 is 10.0 Å². The minimum Gasteiger partial charge on any atom is -0.273 e. The summed E-state index contributed by atoms with van der Waals surface area (Å²) in [6.07, 6.45) is 2.31. The zero-order chi connectivity index (χ0) is 20.1. The Bertz CT molecular complexity index is 949. The quantitative estimate of drug-likeness (QED) is 0.616. The molecule has 1 aliphatic rings. The number of carbonyl (C=O) groups is 1. The lowest BCUT2D eigenvalue weighted by atomic mass is 9.98. The van der Waals surface area contributed by atoms with Crippen LogP contribution in [0.25, 0.3) is 0 Å². The van der Waals surface area contributed by atoms with Crippen molar-refractivity contribution in [1.82, 2.24) is 9.73 Å². The number of piperidine rings is 1. The van der Waals surface area contributed by atoms with E-state index in [0.717, 1.165) is 5.56 Å². The lowest BCUT2D eigenvalue weighted by molar-refractivity contribution is -0.126. The second-order valence-corrected chi connectivity index (χ2v) is 8.72. The number of carbonyl (C=O) groups excluding carboxylic acids is 1. The average molecular weight is 403 g/mol. The van der Waals surface area contributed by atoms with E-state index in [9.17, 15) is 17.6 Å². The lowest BCUT2D eigenvalue weighted by Gasteiger charge is -2.30. The van der Waals surface area contributed by atoms with Gasteiger partial charge in [-0.1, -0.05) is 29.8 Å². The average Bonchev–Trinajstić information content (AvgIpc) is 2.70. The number of benzene rings is 2. The minimum atomic E-state index is -3.54. The monoisotopic (exact) mass is 403 g/mol. The maximum Gasteiger partial charge on any atom is 0.243 e. The molecule has 2 aromatic rings. The first-order valence-corrected chi connectivity index (χ1v) is 10.5. The molecule has 28 heavy (non-hydrogen) atoms. The Morgan fingerprint density at radius 1 is 1.11 bits per heavy atom. The van der Waals surface area contributed by atoms with Gasteiger partial charge in [-0.25, -0.2) is 18.2 Å². The number of hydrazone groups is 1. The molecule has 0 atom stereocenters. The Hall–Kier alpha value is -2.58. The molecule has 148 valence electrons.